The van der Waals surface area contributed by atoms with Crippen LogP contribution in [0.25, 0.3) is 0 Å². The van der Waals surface area contributed by atoms with E-state index in [0.717, 1.165) is 6.54 Å². The molecule has 0 aliphatic carbocycles. The van der Waals surface area contributed by atoms with E-state index in [9.17, 15) is 9.59 Å². The van der Waals surface area contributed by atoms with E-state index in [1.54, 1.807) is 20.8 Å². The van der Waals surface area contributed by atoms with Crippen molar-refractivity contribution >= 4 is 12.1 Å². The van der Waals surface area contributed by atoms with Crippen molar-refractivity contribution < 1.29 is 19.1 Å². The molecule has 0 aromatic heterocycles. The Morgan fingerprint density at radius 1 is 1.39 bits per heavy atom. The van der Waals surface area contributed by atoms with Crippen molar-refractivity contribution in [2.75, 3.05) is 20.2 Å². The molecular weight excluding hydrogens is 236 g/mol. The third-order valence-corrected chi connectivity index (χ3v) is 2.72. The summed E-state index contributed by atoms with van der Waals surface area (Å²) in [5, 5.41) is 5.92. The van der Waals surface area contributed by atoms with E-state index in [0.29, 0.717) is 13.0 Å². The maximum Gasteiger partial charge on any atom is 0.408 e. The maximum absolute atomic E-state index is 11.8. The van der Waals surface area contributed by atoms with Gasteiger partial charge in [-0.2, -0.15) is 0 Å². The summed E-state index contributed by atoms with van der Waals surface area (Å²) in [7, 11) is 1.34. The van der Waals surface area contributed by atoms with Gasteiger partial charge in [-0.3, -0.25) is 4.79 Å². The van der Waals surface area contributed by atoms with Gasteiger partial charge in [-0.1, -0.05) is 0 Å². The Balaban J connectivity index is 2.63. The smallest absolute Gasteiger partial charge is 0.408 e. The first-order chi connectivity index (χ1) is 8.26. The van der Waals surface area contributed by atoms with Crippen LogP contribution in [0.15, 0.2) is 0 Å². The van der Waals surface area contributed by atoms with Crippen molar-refractivity contribution in [2.45, 2.75) is 44.8 Å². The van der Waals surface area contributed by atoms with Gasteiger partial charge in [0, 0.05) is 6.54 Å². The molecule has 1 atom stereocenters. The molecule has 6 nitrogen and oxygen atoms in total. The van der Waals surface area contributed by atoms with Crippen molar-refractivity contribution in [3.8, 4) is 0 Å². The van der Waals surface area contributed by atoms with Gasteiger partial charge in [-0.25, -0.2) is 4.79 Å². The summed E-state index contributed by atoms with van der Waals surface area (Å²) in [6.07, 6.45) is 0.326. The molecule has 104 valence electrons. The molecule has 1 amide bonds. The van der Waals surface area contributed by atoms with Crippen molar-refractivity contribution in [3.05, 3.63) is 0 Å². The van der Waals surface area contributed by atoms with Gasteiger partial charge in [-0.15, -0.1) is 0 Å². The Labute approximate surface area is 107 Å². The number of carbonyl (C=O) groups excluding carboxylic acids is 2. The van der Waals surface area contributed by atoms with Crippen LogP contribution < -0.4 is 10.6 Å². The van der Waals surface area contributed by atoms with Gasteiger partial charge in [0.2, 0.25) is 0 Å². The summed E-state index contributed by atoms with van der Waals surface area (Å²) in [4.78, 5) is 23.2. The first-order valence-corrected chi connectivity index (χ1v) is 6.05. The molecule has 2 N–H and O–H groups in total. The van der Waals surface area contributed by atoms with E-state index in [1.165, 1.54) is 7.11 Å². The van der Waals surface area contributed by atoms with Gasteiger partial charge < -0.3 is 20.1 Å². The fourth-order valence-corrected chi connectivity index (χ4v) is 1.91. The van der Waals surface area contributed by atoms with E-state index in [4.69, 9.17) is 4.74 Å². The summed E-state index contributed by atoms with van der Waals surface area (Å²) in [6.45, 7) is 6.69. The highest BCUT2D eigenvalue weighted by Crippen LogP contribution is 2.20. The molecule has 1 aliphatic heterocycles. The zero-order valence-corrected chi connectivity index (χ0v) is 11.5. The van der Waals surface area contributed by atoms with Gasteiger partial charge >= 0.3 is 12.1 Å². The quantitative estimate of drug-likeness (QED) is 0.732. The van der Waals surface area contributed by atoms with Crippen LogP contribution in [0.2, 0.25) is 0 Å². The van der Waals surface area contributed by atoms with Crippen molar-refractivity contribution in [2.24, 2.45) is 0 Å². The number of hydrogen-bond acceptors (Lipinski definition) is 5. The highest BCUT2D eigenvalue weighted by atomic mass is 16.6. The topological polar surface area (TPSA) is 76.7 Å². The minimum Gasteiger partial charge on any atom is -0.469 e. The second-order valence-corrected chi connectivity index (χ2v) is 5.59. The van der Waals surface area contributed by atoms with Crippen molar-refractivity contribution in [1.29, 1.82) is 0 Å². The molecular formula is C12H22N2O4. The average molecular weight is 258 g/mol. The highest BCUT2D eigenvalue weighted by molar-refractivity contribution is 5.74. The molecule has 0 saturated carbocycles. The standard InChI is InChI=1S/C12H22N2O4/c1-11(2,3)18-10(16)14-12(5-6-13-8-12)7-9(15)17-4/h13H,5-8H2,1-4H3,(H,14,16). The lowest BCUT2D eigenvalue weighted by Crippen LogP contribution is -2.52. The number of methoxy groups -OCH3 is 1. The number of carbonyl (C=O) groups is 2. The molecule has 0 radical (unpaired) electrons. The molecule has 1 rings (SSSR count). The Bertz CT molecular complexity index is 317. The molecule has 1 fully saturated rings. The highest BCUT2D eigenvalue weighted by Gasteiger charge is 2.39. The fourth-order valence-electron chi connectivity index (χ4n) is 1.91. The van der Waals surface area contributed by atoms with Crippen LogP contribution in [-0.2, 0) is 14.3 Å². The van der Waals surface area contributed by atoms with Crippen LogP contribution in [0.1, 0.15) is 33.6 Å². The zero-order valence-electron chi connectivity index (χ0n) is 11.5. The number of ether oxygens (including phenoxy) is 2. The zero-order chi connectivity index (χ0) is 13.8. The summed E-state index contributed by atoms with van der Waals surface area (Å²) in [5.41, 5.74) is -1.15. The van der Waals surface area contributed by atoms with Crippen LogP contribution in [0.5, 0.6) is 0 Å². The number of rotatable bonds is 3. The van der Waals surface area contributed by atoms with E-state index >= 15 is 0 Å². The number of hydrogen-bond donors (Lipinski definition) is 2. The largest absolute Gasteiger partial charge is 0.469 e. The predicted octanol–water partition coefficient (Wildman–Crippen LogP) is 0.806. The minimum absolute atomic E-state index is 0.149. The van der Waals surface area contributed by atoms with E-state index < -0.39 is 17.2 Å². The van der Waals surface area contributed by atoms with Gasteiger partial charge in [0.1, 0.15) is 5.60 Å². The molecule has 6 heteroatoms. The lowest BCUT2D eigenvalue weighted by atomic mass is 9.94. The van der Waals surface area contributed by atoms with Crippen LogP contribution >= 0.6 is 0 Å². The molecule has 1 saturated heterocycles. The Hall–Kier alpha value is -1.30. The second kappa shape index (κ2) is 5.56. The molecule has 0 aromatic rings. The van der Waals surface area contributed by atoms with Crippen molar-refractivity contribution in [3.63, 3.8) is 0 Å². The molecule has 1 unspecified atom stereocenters. The summed E-state index contributed by atoms with van der Waals surface area (Å²) in [5.74, 6) is -0.338. The van der Waals surface area contributed by atoms with Crippen LogP contribution in [0.3, 0.4) is 0 Å². The van der Waals surface area contributed by atoms with Crippen LogP contribution in [0.4, 0.5) is 4.79 Å². The Kier molecular flexibility index (Phi) is 4.56. The molecule has 0 spiro atoms. The van der Waals surface area contributed by atoms with Gasteiger partial charge in [-0.05, 0) is 33.7 Å². The van der Waals surface area contributed by atoms with E-state index in [2.05, 4.69) is 15.4 Å². The predicted molar refractivity (Wildman–Crippen MR) is 66.2 cm³/mol. The first kappa shape index (κ1) is 14.8. The van der Waals surface area contributed by atoms with Gasteiger partial charge in [0.05, 0.1) is 19.1 Å². The van der Waals surface area contributed by atoms with Gasteiger partial charge in [0.15, 0.2) is 0 Å². The molecule has 1 aliphatic rings. The Morgan fingerprint density at radius 3 is 2.50 bits per heavy atom. The lowest BCUT2D eigenvalue weighted by Gasteiger charge is -2.30. The summed E-state index contributed by atoms with van der Waals surface area (Å²) < 4.78 is 9.87. The number of nitrogens with one attached hydrogen (secondary N) is 2. The monoisotopic (exact) mass is 258 g/mol. The molecule has 0 bridgehead atoms. The van der Waals surface area contributed by atoms with Gasteiger partial charge in [0.25, 0.3) is 0 Å². The minimum atomic E-state index is -0.602. The average Bonchev–Trinajstić information content (AvgIpc) is 2.62. The van der Waals surface area contributed by atoms with Crippen molar-refractivity contribution in [1.82, 2.24) is 10.6 Å². The normalized spacial score (nSPS) is 23.6. The Morgan fingerprint density at radius 2 is 2.06 bits per heavy atom. The molecule has 18 heavy (non-hydrogen) atoms. The fraction of sp³-hybridized carbons (Fsp3) is 0.833. The summed E-state index contributed by atoms with van der Waals surface area (Å²) >= 11 is 0. The lowest BCUT2D eigenvalue weighted by molar-refractivity contribution is -0.142. The SMILES string of the molecule is COC(=O)CC1(NC(=O)OC(C)(C)C)CCNC1. The third kappa shape index (κ3) is 4.52. The van der Waals surface area contributed by atoms with Crippen LogP contribution in [0, 0.1) is 0 Å². The summed E-state index contributed by atoms with van der Waals surface area (Å²) in [6, 6.07) is 0. The number of amides is 1. The number of esters is 1. The second-order valence-electron chi connectivity index (χ2n) is 5.59. The van der Waals surface area contributed by atoms with E-state index in [1.807, 2.05) is 0 Å². The molecule has 1 heterocycles. The molecule has 0 aromatic carbocycles. The first-order valence-electron chi connectivity index (χ1n) is 6.05. The van der Waals surface area contributed by atoms with E-state index in [-0.39, 0.29) is 12.4 Å². The number of alkyl carbamates (subject to hydrolysis) is 1. The maximum atomic E-state index is 11.8. The third-order valence-electron chi connectivity index (χ3n) is 2.72. The van der Waals surface area contributed by atoms with Crippen LogP contribution in [-0.4, -0.2) is 43.4 Å².